The van der Waals surface area contributed by atoms with E-state index in [4.69, 9.17) is 22.2 Å². The lowest BCUT2D eigenvalue weighted by molar-refractivity contribution is -0.384. The first-order valence-electron chi connectivity index (χ1n) is 7.98. The molecule has 0 atom stereocenters. The summed E-state index contributed by atoms with van der Waals surface area (Å²) in [4.78, 5) is 10.6. The zero-order valence-electron chi connectivity index (χ0n) is 14.3. The standard InChI is InChI=1S/C17H17ClF3N3O3/c1-2-3-8-23(22)15-10-12(5-6-14(15)24(25)26)27-16-7-4-11(9-13(16)18)17(19,20)21/h4-7,9-10H,2-3,8,22H2,1H3. The van der Waals surface area contributed by atoms with Crippen molar-refractivity contribution in [3.05, 3.63) is 57.1 Å². The zero-order chi connectivity index (χ0) is 20.2. The van der Waals surface area contributed by atoms with Gasteiger partial charge >= 0.3 is 6.18 Å². The molecule has 0 saturated heterocycles. The maximum absolute atomic E-state index is 12.7. The van der Waals surface area contributed by atoms with Crippen LogP contribution in [0.3, 0.4) is 0 Å². The van der Waals surface area contributed by atoms with Gasteiger partial charge in [-0.15, -0.1) is 0 Å². The van der Waals surface area contributed by atoms with E-state index >= 15 is 0 Å². The summed E-state index contributed by atoms with van der Waals surface area (Å²) in [7, 11) is 0. The molecule has 0 unspecified atom stereocenters. The van der Waals surface area contributed by atoms with Crippen LogP contribution in [0.5, 0.6) is 11.5 Å². The van der Waals surface area contributed by atoms with Crippen molar-refractivity contribution in [1.29, 1.82) is 0 Å². The fourth-order valence-electron chi connectivity index (χ4n) is 2.29. The number of hydrogen-bond donors (Lipinski definition) is 1. The van der Waals surface area contributed by atoms with Crippen LogP contribution in [-0.4, -0.2) is 11.5 Å². The van der Waals surface area contributed by atoms with Crippen LogP contribution in [0, 0.1) is 10.1 Å². The van der Waals surface area contributed by atoms with Gasteiger partial charge < -0.3 is 9.75 Å². The summed E-state index contributed by atoms with van der Waals surface area (Å²) in [6.07, 6.45) is -2.95. The van der Waals surface area contributed by atoms with Crippen molar-refractivity contribution in [1.82, 2.24) is 0 Å². The van der Waals surface area contributed by atoms with Gasteiger partial charge in [-0.1, -0.05) is 24.9 Å². The minimum absolute atomic E-state index is 0.0124. The highest BCUT2D eigenvalue weighted by molar-refractivity contribution is 6.32. The molecule has 2 aromatic carbocycles. The van der Waals surface area contributed by atoms with Gasteiger partial charge in [-0.05, 0) is 30.7 Å². The second-order valence-corrected chi connectivity index (χ2v) is 6.11. The van der Waals surface area contributed by atoms with Crippen LogP contribution in [-0.2, 0) is 6.18 Å². The average Bonchev–Trinajstić information content (AvgIpc) is 2.60. The normalized spacial score (nSPS) is 11.3. The van der Waals surface area contributed by atoms with Crippen molar-refractivity contribution in [2.45, 2.75) is 25.9 Å². The highest BCUT2D eigenvalue weighted by atomic mass is 35.5. The Morgan fingerprint density at radius 2 is 1.96 bits per heavy atom. The molecule has 6 nitrogen and oxygen atoms in total. The molecular formula is C17H17ClF3N3O3. The first kappa shape index (κ1) is 20.8. The van der Waals surface area contributed by atoms with Crippen LogP contribution in [0.1, 0.15) is 25.3 Å². The number of hydrogen-bond acceptors (Lipinski definition) is 5. The van der Waals surface area contributed by atoms with Crippen LogP contribution in [0.4, 0.5) is 24.5 Å². The number of halogens is 4. The van der Waals surface area contributed by atoms with E-state index in [1.54, 1.807) is 0 Å². The zero-order valence-corrected chi connectivity index (χ0v) is 15.0. The first-order chi connectivity index (χ1) is 12.6. The van der Waals surface area contributed by atoms with E-state index in [0.29, 0.717) is 6.54 Å². The molecule has 2 aromatic rings. The summed E-state index contributed by atoms with van der Waals surface area (Å²) in [6, 6.07) is 6.56. The Kier molecular flexibility index (Phi) is 6.50. The van der Waals surface area contributed by atoms with Gasteiger partial charge in [0.15, 0.2) is 0 Å². The molecule has 0 heterocycles. The highest BCUT2D eigenvalue weighted by Gasteiger charge is 2.31. The van der Waals surface area contributed by atoms with E-state index in [1.165, 1.54) is 23.2 Å². The summed E-state index contributed by atoms with van der Waals surface area (Å²) in [5, 5.41) is 12.2. The largest absolute Gasteiger partial charge is 0.456 e. The van der Waals surface area contributed by atoms with E-state index in [-0.39, 0.29) is 27.9 Å². The molecule has 0 aliphatic carbocycles. The number of anilines is 1. The van der Waals surface area contributed by atoms with E-state index in [0.717, 1.165) is 31.0 Å². The second-order valence-electron chi connectivity index (χ2n) is 5.70. The van der Waals surface area contributed by atoms with E-state index in [1.807, 2.05) is 6.92 Å². The SMILES string of the molecule is CCCCN(N)c1cc(Oc2ccc(C(F)(F)F)cc2Cl)ccc1[N+](=O)[O-]. The molecule has 0 spiro atoms. The number of nitro groups is 1. The number of unbranched alkanes of at least 4 members (excludes halogenated alkanes) is 1. The van der Waals surface area contributed by atoms with E-state index in [2.05, 4.69) is 0 Å². The number of nitro benzene ring substituents is 1. The Morgan fingerprint density at radius 1 is 1.26 bits per heavy atom. The minimum atomic E-state index is -4.53. The topological polar surface area (TPSA) is 81.6 Å². The van der Waals surface area contributed by atoms with E-state index in [9.17, 15) is 23.3 Å². The first-order valence-corrected chi connectivity index (χ1v) is 8.36. The van der Waals surface area contributed by atoms with Crippen LogP contribution in [0.15, 0.2) is 36.4 Å². The third-order valence-electron chi connectivity index (χ3n) is 3.69. The third-order valence-corrected chi connectivity index (χ3v) is 3.99. The molecule has 27 heavy (non-hydrogen) atoms. The number of hydrazine groups is 1. The number of ether oxygens (including phenoxy) is 1. The summed E-state index contributed by atoms with van der Waals surface area (Å²) in [6.45, 7) is 2.34. The summed E-state index contributed by atoms with van der Waals surface area (Å²) in [5.74, 6) is 6.05. The molecule has 2 N–H and O–H groups in total. The molecule has 0 fully saturated rings. The van der Waals surface area contributed by atoms with Crippen molar-refractivity contribution in [2.24, 2.45) is 5.84 Å². The lowest BCUT2D eigenvalue weighted by Gasteiger charge is -2.19. The van der Waals surface area contributed by atoms with Crippen molar-refractivity contribution < 1.29 is 22.8 Å². The van der Waals surface area contributed by atoms with Crippen LogP contribution in [0.25, 0.3) is 0 Å². The molecule has 2 rings (SSSR count). The smallest absolute Gasteiger partial charge is 0.416 e. The number of nitrogens with zero attached hydrogens (tertiary/aromatic N) is 2. The molecule has 0 aliphatic rings. The maximum Gasteiger partial charge on any atom is 0.416 e. The Hall–Kier alpha value is -2.52. The molecule has 10 heteroatoms. The van der Waals surface area contributed by atoms with Crippen molar-refractivity contribution in [3.8, 4) is 11.5 Å². The van der Waals surface area contributed by atoms with Crippen molar-refractivity contribution in [2.75, 3.05) is 11.6 Å². The molecule has 0 aliphatic heterocycles. The Bertz CT molecular complexity index is 831. The molecular weight excluding hydrogens is 387 g/mol. The van der Waals surface area contributed by atoms with E-state index < -0.39 is 16.7 Å². The fourth-order valence-corrected chi connectivity index (χ4v) is 2.51. The van der Waals surface area contributed by atoms with Gasteiger partial charge in [0, 0.05) is 18.7 Å². The Labute approximate surface area is 158 Å². The summed E-state index contributed by atoms with van der Waals surface area (Å²) >= 11 is 5.87. The quantitative estimate of drug-likeness (QED) is 0.373. The number of rotatable bonds is 7. The molecule has 0 saturated carbocycles. The third kappa shape index (κ3) is 5.24. The van der Waals surface area contributed by atoms with Crippen molar-refractivity contribution >= 4 is 23.0 Å². The highest BCUT2D eigenvalue weighted by Crippen LogP contribution is 2.38. The lowest BCUT2D eigenvalue weighted by atomic mass is 10.2. The maximum atomic E-state index is 12.7. The van der Waals surface area contributed by atoms with Gasteiger partial charge in [-0.25, -0.2) is 5.84 Å². The Balaban J connectivity index is 2.33. The Morgan fingerprint density at radius 3 is 2.52 bits per heavy atom. The monoisotopic (exact) mass is 403 g/mol. The molecule has 0 aromatic heterocycles. The summed E-state index contributed by atoms with van der Waals surface area (Å²) < 4.78 is 43.6. The van der Waals surface area contributed by atoms with Crippen molar-refractivity contribution in [3.63, 3.8) is 0 Å². The van der Waals surface area contributed by atoms with Gasteiger partial charge in [-0.3, -0.25) is 10.1 Å². The van der Waals surface area contributed by atoms with Gasteiger partial charge in [0.05, 0.1) is 15.5 Å². The fraction of sp³-hybridized carbons (Fsp3) is 0.294. The van der Waals surface area contributed by atoms with Gasteiger partial charge in [-0.2, -0.15) is 13.2 Å². The number of benzene rings is 2. The minimum Gasteiger partial charge on any atom is -0.456 e. The predicted molar refractivity (Wildman–Crippen MR) is 96.1 cm³/mol. The molecule has 146 valence electrons. The molecule has 0 radical (unpaired) electrons. The predicted octanol–water partition coefficient (Wildman–Crippen LogP) is 5.54. The van der Waals surface area contributed by atoms with Crippen LogP contribution >= 0.6 is 11.6 Å². The molecule has 0 amide bonds. The van der Waals surface area contributed by atoms with Gasteiger partial charge in [0.2, 0.25) is 0 Å². The van der Waals surface area contributed by atoms with Gasteiger partial charge in [0.1, 0.15) is 17.2 Å². The molecule has 0 bridgehead atoms. The average molecular weight is 404 g/mol. The van der Waals surface area contributed by atoms with Gasteiger partial charge in [0.25, 0.3) is 5.69 Å². The second kappa shape index (κ2) is 8.45. The number of alkyl halides is 3. The lowest BCUT2D eigenvalue weighted by Crippen LogP contribution is -2.32. The number of nitrogens with two attached hydrogens (primary N) is 1. The summed E-state index contributed by atoms with van der Waals surface area (Å²) in [5.41, 5.74) is -0.981. The van der Waals surface area contributed by atoms with Crippen LogP contribution < -0.4 is 15.6 Å². The van der Waals surface area contributed by atoms with Crippen LogP contribution in [0.2, 0.25) is 5.02 Å².